The molecule has 1 amide bonds. The number of rotatable bonds is 3. The molecule has 0 aliphatic carbocycles. The summed E-state index contributed by atoms with van der Waals surface area (Å²) in [7, 11) is 0. The first-order valence-electron chi connectivity index (χ1n) is 6.22. The first-order chi connectivity index (χ1) is 8.73. The van der Waals surface area contributed by atoms with Crippen molar-refractivity contribution in [1.82, 2.24) is 0 Å². The second kappa shape index (κ2) is 5.89. The number of anilines is 1. The fourth-order valence-corrected chi connectivity index (χ4v) is 1.56. The zero-order valence-electron chi connectivity index (χ0n) is 12.0. The first-order valence-corrected chi connectivity index (χ1v) is 6.22. The minimum atomic E-state index is -0.508. The normalized spacial score (nSPS) is 11.0. The van der Waals surface area contributed by atoms with E-state index < -0.39 is 11.7 Å². The van der Waals surface area contributed by atoms with Gasteiger partial charge in [-0.2, -0.15) is 0 Å². The van der Waals surface area contributed by atoms with Crippen LogP contribution in [0.15, 0.2) is 24.8 Å². The minimum absolute atomic E-state index is 0.415. The van der Waals surface area contributed by atoms with Crippen molar-refractivity contribution in [2.75, 3.05) is 11.9 Å². The third-order valence-electron chi connectivity index (χ3n) is 2.52. The van der Waals surface area contributed by atoms with Crippen molar-refractivity contribution in [1.29, 1.82) is 0 Å². The van der Waals surface area contributed by atoms with Crippen LogP contribution in [0.3, 0.4) is 0 Å². The van der Waals surface area contributed by atoms with Crippen LogP contribution in [0.2, 0.25) is 0 Å². The molecule has 4 heteroatoms. The monoisotopic (exact) mass is 262 g/mol. The molecule has 0 unspecified atom stereocenters. The molecule has 104 valence electrons. The van der Waals surface area contributed by atoms with Crippen LogP contribution < -0.4 is 11.1 Å². The van der Waals surface area contributed by atoms with E-state index in [9.17, 15) is 4.79 Å². The Hall–Kier alpha value is -1.81. The highest BCUT2D eigenvalue weighted by atomic mass is 16.6. The van der Waals surface area contributed by atoms with E-state index in [1.165, 1.54) is 0 Å². The van der Waals surface area contributed by atoms with Gasteiger partial charge in [-0.3, -0.25) is 5.32 Å². The van der Waals surface area contributed by atoms with Crippen LogP contribution in [0.25, 0.3) is 5.57 Å². The standard InChI is InChI=1S/C15H22N2O2/c1-10-8-12(11(2)9-16)6-7-13(10)17-14(18)19-15(3,4)5/h6-8H,2,9,16H2,1,3-5H3,(H,17,18). The van der Waals surface area contributed by atoms with Crippen molar-refractivity contribution in [2.45, 2.75) is 33.3 Å². The van der Waals surface area contributed by atoms with Crippen LogP contribution in [0.5, 0.6) is 0 Å². The third-order valence-corrected chi connectivity index (χ3v) is 2.52. The van der Waals surface area contributed by atoms with E-state index in [-0.39, 0.29) is 0 Å². The summed E-state index contributed by atoms with van der Waals surface area (Å²) in [4.78, 5) is 11.7. The number of hydrogen-bond acceptors (Lipinski definition) is 3. The Labute approximate surface area is 114 Å². The summed E-state index contributed by atoms with van der Waals surface area (Å²) in [5.41, 5.74) is 8.56. The predicted molar refractivity (Wildman–Crippen MR) is 79.1 cm³/mol. The second-order valence-corrected chi connectivity index (χ2v) is 5.46. The summed E-state index contributed by atoms with van der Waals surface area (Å²) in [5, 5.41) is 2.73. The van der Waals surface area contributed by atoms with Crippen molar-refractivity contribution in [3.8, 4) is 0 Å². The molecule has 3 N–H and O–H groups in total. The van der Waals surface area contributed by atoms with E-state index in [4.69, 9.17) is 10.5 Å². The van der Waals surface area contributed by atoms with E-state index in [1.807, 2.05) is 45.9 Å². The quantitative estimate of drug-likeness (QED) is 0.878. The maximum absolute atomic E-state index is 11.7. The average molecular weight is 262 g/mol. The highest BCUT2D eigenvalue weighted by Gasteiger charge is 2.16. The molecule has 19 heavy (non-hydrogen) atoms. The molecular weight excluding hydrogens is 240 g/mol. The topological polar surface area (TPSA) is 64.3 Å². The molecule has 1 rings (SSSR count). The Bertz CT molecular complexity index is 487. The molecule has 0 aliphatic rings. The molecule has 0 radical (unpaired) electrons. The molecule has 0 spiro atoms. The molecule has 0 aromatic heterocycles. The van der Waals surface area contributed by atoms with E-state index in [0.29, 0.717) is 6.54 Å². The highest BCUT2D eigenvalue weighted by Crippen LogP contribution is 2.21. The number of aryl methyl sites for hydroxylation is 1. The Kier molecular flexibility index (Phi) is 4.72. The third kappa shape index (κ3) is 4.75. The number of carbonyl (C=O) groups excluding carboxylic acids is 1. The van der Waals surface area contributed by atoms with E-state index in [2.05, 4.69) is 11.9 Å². The van der Waals surface area contributed by atoms with Gasteiger partial charge in [0.2, 0.25) is 0 Å². The number of benzene rings is 1. The maximum Gasteiger partial charge on any atom is 0.412 e. The molecule has 0 heterocycles. The van der Waals surface area contributed by atoms with Crippen LogP contribution in [-0.2, 0) is 4.74 Å². The molecule has 0 saturated carbocycles. The van der Waals surface area contributed by atoms with E-state index in [0.717, 1.165) is 22.4 Å². The Balaban J connectivity index is 2.81. The average Bonchev–Trinajstić information content (AvgIpc) is 2.28. The van der Waals surface area contributed by atoms with Gasteiger partial charge in [-0.25, -0.2) is 4.79 Å². The van der Waals surface area contributed by atoms with Crippen LogP contribution in [0.1, 0.15) is 31.9 Å². The summed E-state index contributed by atoms with van der Waals surface area (Å²) in [6, 6.07) is 5.66. The first kappa shape index (κ1) is 15.2. The van der Waals surface area contributed by atoms with Crippen LogP contribution in [-0.4, -0.2) is 18.2 Å². The van der Waals surface area contributed by atoms with Gasteiger partial charge in [-0.15, -0.1) is 0 Å². The lowest BCUT2D eigenvalue weighted by atomic mass is 10.0. The number of hydrogen-bond donors (Lipinski definition) is 2. The zero-order chi connectivity index (χ0) is 14.6. The van der Waals surface area contributed by atoms with Gasteiger partial charge in [0.05, 0.1) is 0 Å². The molecule has 0 fully saturated rings. The van der Waals surface area contributed by atoms with Crippen molar-refractivity contribution in [3.05, 3.63) is 35.9 Å². The van der Waals surface area contributed by atoms with Crippen LogP contribution in [0.4, 0.5) is 10.5 Å². The van der Waals surface area contributed by atoms with Gasteiger partial charge in [-0.05, 0) is 56.5 Å². The summed E-state index contributed by atoms with van der Waals surface area (Å²) < 4.78 is 5.21. The van der Waals surface area contributed by atoms with E-state index in [1.54, 1.807) is 0 Å². The SMILES string of the molecule is C=C(CN)c1ccc(NC(=O)OC(C)(C)C)c(C)c1. The van der Waals surface area contributed by atoms with Crippen molar-refractivity contribution >= 4 is 17.4 Å². The molecule has 0 atom stereocenters. The van der Waals surface area contributed by atoms with Gasteiger partial charge in [0.1, 0.15) is 5.60 Å². The molecule has 0 saturated heterocycles. The van der Waals surface area contributed by atoms with Gasteiger partial charge in [0, 0.05) is 12.2 Å². The molecule has 0 bridgehead atoms. The van der Waals surface area contributed by atoms with Crippen LogP contribution in [0, 0.1) is 6.92 Å². The summed E-state index contributed by atoms with van der Waals surface area (Å²) in [6.07, 6.45) is -0.457. The molecule has 1 aromatic rings. The number of ether oxygens (including phenoxy) is 1. The predicted octanol–water partition coefficient (Wildman–Crippen LogP) is 3.31. The maximum atomic E-state index is 11.7. The smallest absolute Gasteiger partial charge is 0.412 e. The number of amides is 1. The van der Waals surface area contributed by atoms with Crippen molar-refractivity contribution in [2.24, 2.45) is 5.73 Å². The summed E-state index contributed by atoms with van der Waals surface area (Å²) in [6.45, 7) is 11.7. The van der Waals surface area contributed by atoms with Crippen LogP contribution >= 0.6 is 0 Å². The molecule has 4 nitrogen and oxygen atoms in total. The Morgan fingerprint density at radius 2 is 2.05 bits per heavy atom. The zero-order valence-corrected chi connectivity index (χ0v) is 12.0. The second-order valence-electron chi connectivity index (χ2n) is 5.46. The number of carbonyl (C=O) groups is 1. The van der Waals surface area contributed by atoms with Crippen molar-refractivity contribution in [3.63, 3.8) is 0 Å². The molecule has 0 aliphatic heterocycles. The minimum Gasteiger partial charge on any atom is -0.444 e. The van der Waals surface area contributed by atoms with Gasteiger partial charge in [0.15, 0.2) is 0 Å². The summed E-state index contributed by atoms with van der Waals surface area (Å²) in [5.74, 6) is 0. The molecular formula is C15H22N2O2. The van der Waals surface area contributed by atoms with Gasteiger partial charge in [0.25, 0.3) is 0 Å². The Morgan fingerprint density at radius 1 is 1.42 bits per heavy atom. The van der Waals surface area contributed by atoms with Gasteiger partial charge in [-0.1, -0.05) is 12.6 Å². The summed E-state index contributed by atoms with van der Waals surface area (Å²) >= 11 is 0. The fourth-order valence-electron chi connectivity index (χ4n) is 1.56. The highest BCUT2D eigenvalue weighted by molar-refractivity contribution is 5.86. The lowest BCUT2D eigenvalue weighted by Gasteiger charge is -2.20. The lowest BCUT2D eigenvalue weighted by molar-refractivity contribution is 0.0636. The lowest BCUT2D eigenvalue weighted by Crippen LogP contribution is -2.27. The fraction of sp³-hybridized carbons (Fsp3) is 0.400. The van der Waals surface area contributed by atoms with Crippen molar-refractivity contribution < 1.29 is 9.53 Å². The largest absolute Gasteiger partial charge is 0.444 e. The molecule has 1 aromatic carbocycles. The van der Waals surface area contributed by atoms with Gasteiger partial charge < -0.3 is 10.5 Å². The number of nitrogens with two attached hydrogens (primary N) is 1. The van der Waals surface area contributed by atoms with Gasteiger partial charge >= 0.3 is 6.09 Å². The van der Waals surface area contributed by atoms with E-state index >= 15 is 0 Å². The number of nitrogens with one attached hydrogen (secondary N) is 1. The Morgan fingerprint density at radius 3 is 2.53 bits per heavy atom.